The standard InChI is InChI=1S/C24H19Cl2N3O5/c1-14(28-29-23(31)22(30)27-19-10-8-18(26)9-11-19)16-5-12-20(21(13-16)33-2)34-24(32)15-3-6-17(25)7-4-15/h3-13H,1-2H3,(H,27,30)(H,29,31). The van der Waals surface area contributed by atoms with E-state index in [1.54, 1.807) is 67.6 Å². The van der Waals surface area contributed by atoms with Gasteiger partial charge in [0, 0.05) is 21.3 Å². The first-order valence-corrected chi connectivity index (χ1v) is 10.6. The molecule has 2 N–H and O–H groups in total. The van der Waals surface area contributed by atoms with Crippen LogP contribution >= 0.6 is 23.2 Å². The molecule has 0 atom stereocenters. The van der Waals surface area contributed by atoms with Crippen molar-refractivity contribution in [1.82, 2.24) is 5.43 Å². The summed E-state index contributed by atoms with van der Waals surface area (Å²) in [7, 11) is 1.42. The van der Waals surface area contributed by atoms with Crippen LogP contribution in [-0.4, -0.2) is 30.6 Å². The number of rotatable bonds is 6. The van der Waals surface area contributed by atoms with Crippen molar-refractivity contribution in [2.75, 3.05) is 12.4 Å². The number of ether oxygens (including phenoxy) is 2. The van der Waals surface area contributed by atoms with Crippen LogP contribution in [0.2, 0.25) is 10.0 Å². The van der Waals surface area contributed by atoms with Crippen LogP contribution < -0.4 is 20.2 Å². The summed E-state index contributed by atoms with van der Waals surface area (Å²) in [5.41, 5.74) is 3.90. The van der Waals surface area contributed by atoms with E-state index in [0.717, 1.165) is 0 Å². The summed E-state index contributed by atoms with van der Waals surface area (Å²) in [5, 5.41) is 7.40. The number of carbonyl (C=O) groups excluding carboxylic acids is 3. The number of halogens is 2. The molecule has 0 radical (unpaired) electrons. The lowest BCUT2D eigenvalue weighted by atomic mass is 10.1. The Morgan fingerprint density at radius 3 is 2.00 bits per heavy atom. The van der Waals surface area contributed by atoms with E-state index >= 15 is 0 Å². The van der Waals surface area contributed by atoms with Crippen molar-refractivity contribution in [3.8, 4) is 11.5 Å². The minimum Gasteiger partial charge on any atom is -0.493 e. The van der Waals surface area contributed by atoms with Crippen molar-refractivity contribution < 1.29 is 23.9 Å². The Morgan fingerprint density at radius 2 is 1.38 bits per heavy atom. The normalized spacial score (nSPS) is 10.9. The molecule has 0 spiro atoms. The first kappa shape index (κ1) is 24.8. The predicted molar refractivity (Wildman–Crippen MR) is 130 cm³/mol. The van der Waals surface area contributed by atoms with E-state index in [1.807, 2.05) is 0 Å². The lowest BCUT2D eigenvalue weighted by molar-refractivity contribution is -0.136. The third-order valence-corrected chi connectivity index (χ3v) is 5.00. The zero-order valence-corrected chi connectivity index (χ0v) is 19.6. The molecule has 3 aromatic carbocycles. The van der Waals surface area contributed by atoms with Gasteiger partial charge in [-0.1, -0.05) is 23.2 Å². The molecule has 3 aromatic rings. The molecule has 0 saturated carbocycles. The second-order valence-electron chi connectivity index (χ2n) is 6.86. The Morgan fingerprint density at radius 1 is 0.794 bits per heavy atom. The van der Waals surface area contributed by atoms with Gasteiger partial charge in [-0.05, 0) is 73.7 Å². The van der Waals surface area contributed by atoms with Crippen LogP contribution in [0.3, 0.4) is 0 Å². The van der Waals surface area contributed by atoms with E-state index in [1.165, 1.54) is 13.2 Å². The van der Waals surface area contributed by atoms with E-state index in [4.69, 9.17) is 32.7 Å². The molecule has 0 heterocycles. The Labute approximate surface area is 205 Å². The number of nitrogens with zero attached hydrogens (tertiary/aromatic N) is 1. The predicted octanol–water partition coefficient (Wildman–Crippen LogP) is 4.70. The molecule has 8 nitrogen and oxygen atoms in total. The first-order chi connectivity index (χ1) is 16.3. The van der Waals surface area contributed by atoms with Crippen LogP contribution in [0.4, 0.5) is 5.69 Å². The van der Waals surface area contributed by atoms with E-state index in [0.29, 0.717) is 32.6 Å². The molecule has 0 unspecified atom stereocenters. The van der Waals surface area contributed by atoms with E-state index < -0.39 is 17.8 Å². The molecule has 0 bridgehead atoms. The van der Waals surface area contributed by atoms with Crippen molar-refractivity contribution in [2.45, 2.75) is 6.92 Å². The molecule has 0 fully saturated rings. The zero-order valence-electron chi connectivity index (χ0n) is 18.1. The smallest absolute Gasteiger partial charge is 0.343 e. The summed E-state index contributed by atoms with van der Waals surface area (Å²) in [6.07, 6.45) is 0. The fraction of sp³-hybridized carbons (Fsp3) is 0.0833. The molecule has 0 saturated heterocycles. The second kappa shape index (κ2) is 11.3. The minimum absolute atomic E-state index is 0.199. The van der Waals surface area contributed by atoms with E-state index in [-0.39, 0.29) is 11.5 Å². The van der Waals surface area contributed by atoms with Crippen LogP contribution in [0.1, 0.15) is 22.8 Å². The number of benzene rings is 3. The number of hydrazone groups is 1. The van der Waals surface area contributed by atoms with Gasteiger partial charge in [-0.15, -0.1) is 0 Å². The number of methoxy groups -OCH3 is 1. The maximum Gasteiger partial charge on any atom is 0.343 e. The molecular formula is C24H19Cl2N3O5. The van der Waals surface area contributed by atoms with E-state index in [2.05, 4.69) is 15.8 Å². The fourth-order valence-corrected chi connectivity index (χ4v) is 2.94. The highest BCUT2D eigenvalue weighted by Crippen LogP contribution is 2.29. The van der Waals surface area contributed by atoms with Gasteiger partial charge in [0.05, 0.1) is 18.4 Å². The molecular weight excluding hydrogens is 481 g/mol. The first-order valence-electron chi connectivity index (χ1n) is 9.84. The van der Waals surface area contributed by atoms with Gasteiger partial charge in [0.2, 0.25) is 0 Å². The third-order valence-electron chi connectivity index (χ3n) is 4.50. The summed E-state index contributed by atoms with van der Waals surface area (Å²) in [6.45, 7) is 1.63. The number of anilines is 1. The Hall–Kier alpha value is -3.88. The maximum atomic E-state index is 12.4. The Balaban J connectivity index is 1.65. The van der Waals surface area contributed by atoms with Crippen molar-refractivity contribution in [3.05, 3.63) is 87.9 Å². The van der Waals surface area contributed by atoms with Crippen LogP contribution in [0.25, 0.3) is 0 Å². The largest absolute Gasteiger partial charge is 0.493 e. The summed E-state index contributed by atoms with van der Waals surface area (Å²) < 4.78 is 10.7. The summed E-state index contributed by atoms with van der Waals surface area (Å²) >= 11 is 11.6. The minimum atomic E-state index is -0.949. The van der Waals surface area contributed by atoms with Crippen molar-refractivity contribution >= 4 is 52.4 Å². The van der Waals surface area contributed by atoms with Crippen molar-refractivity contribution in [2.24, 2.45) is 5.10 Å². The molecule has 0 aliphatic rings. The van der Waals surface area contributed by atoms with Gasteiger partial charge >= 0.3 is 17.8 Å². The fourth-order valence-electron chi connectivity index (χ4n) is 2.69. The van der Waals surface area contributed by atoms with Crippen molar-refractivity contribution in [1.29, 1.82) is 0 Å². The molecule has 2 amide bonds. The lowest BCUT2D eigenvalue weighted by Gasteiger charge is -2.11. The van der Waals surface area contributed by atoms with Crippen molar-refractivity contribution in [3.63, 3.8) is 0 Å². The average molecular weight is 500 g/mol. The van der Waals surface area contributed by atoms with Crippen LogP contribution in [0.5, 0.6) is 11.5 Å². The summed E-state index contributed by atoms with van der Waals surface area (Å²) in [5.74, 6) is -1.94. The van der Waals surface area contributed by atoms with E-state index in [9.17, 15) is 14.4 Å². The number of carbonyl (C=O) groups is 3. The number of hydrogen-bond acceptors (Lipinski definition) is 6. The van der Waals surface area contributed by atoms with Crippen LogP contribution in [0.15, 0.2) is 71.8 Å². The molecule has 10 heteroatoms. The van der Waals surface area contributed by atoms with Gasteiger partial charge in [0.15, 0.2) is 11.5 Å². The highest BCUT2D eigenvalue weighted by Gasteiger charge is 2.15. The molecule has 0 aliphatic carbocycles. The van der Waals surface area contributed by atoms with Crippen LogP contribution in [-0.2, 0) is 9.59 Å². The molecule has 174 valence electrons. The molecule has 34 heavy (non-hydrogen) atoms. The lowest BCUT2D eigenvalue weighted by Crippen LogP contribution is -2.32. The quantitative estimate of drug-likeness (QED) is 0.168. The number of nitrogens with one attached hydrogen (secondary N) is 2. The highest BCUT2D eigenvalue weighted by atomic mass is 35.5. The Kier molecular flexibility index (Phi) is 8.24. The number of esters is 1. The monoisotopic (exact) mass is 499 g/mol. The summed E-state index contributed by atoms with van der Waals surface area (Å²) in [6, 6.07) is 17.3. The molecule has 0 aromatic heterocycles. The van der Waals surface area contributed by atoms with Gasteiger partial charge in [-0.25, -0.2) is 10.2 Å². The number of amides is 2. The maximum absolute atomic E-state index is 12.4. The highest BCUT2D eigenvalue weighted by molar-refractivity contribution is 6.39. The van der Waals surface area contributed by atoms with Crippen LogP contribution in [0, 0.1) is 0 Å². The topological polar surface area (TPSA) is 106 Å². The number of hydrogen-bond donors (Lipinski definition) is 2. The van der Waals surface area contributed by atoms with Gasteiger partial charge < -0.3 is 14.8 Å². The molecule has 3 rings (SSSR count). The zero-order chi connectivity index (χ0) is 24.7. The van der Waals surface area contributed by atoms with Gasteiger partial charge in [0.25, 0.3) is 0 Å². The third kappa shape index (κ3) is 6.57. The second-order valence-corrected chi connectivity index (χ2v) is 7.73. The Bertz CT molecular complexity index is 1240. The average Bonchev–Trinajstić information content (AvgIpc) is 2.84. The molecule has 0 aliphatic heterocycles. The SMILES string of the molecule is COc1cc(C(C)=NNC(=O)C(=O)Nc2ccc(Cl)cc2)ccc1OC(=O)c1ccc(Cl)cc1. The van der Waals surface area contributed by atoms with Gasteiger partial charge in [-0.2, -0.15) is 5.10 Å². The summed E-state index contributed by atoms with van der Waals surface area (Å²) in [4.78, 5) is 36.5. The van der Waals surface area contributed by atoms with Gasteiger partial charge in [0.1, 0.15) is 0 Å². The van der Waals surface area contributed by atoms with Gasteiger partial charge in [-0.3, -0.25) is 9.59 Å².